The van der Waals surface area contributed by atoms with Crippen LogP contribution in [0.2, 0.25) is 0 Å². The van der Waals surface area contributed by atoms with E-state index in [1.807, 2.05) is 0 Å². The molecule has 0 unspecified atom stereocenters. The molecule has 1 heterocycles. The number of halogens is 1. The average Bonchev–Trinajstić information content (AvgIpc) is 2.22. The number of anilines is 1. The van der Waals surface area contributed by atoms with E-state index >= 15 is 0 Å². The number of carbonyl (C=O) groups excluding carboxylic acids is 1. The Bertz CT molecular complexity index is 451. The molecule has 0 saturated heterocycles. The molecule has 0 aliphatic heterocycles. The Morgan fingerprint density at radius 1 is 1.69 bits per heavy atom. The molecule has 84 valence electrons. The summed E-state index contributed by atoms with van der Waals surface area (Å²) in [5, 5.41) is 0.0636. The predicted octanol–water partition coefficient (Wildman–Crippen LogP) is 1.82. The maximum Gasteiger partial charge on any atom is 0.185 e. The molecule has 0 fully saturated rings. The predicted molar refractivity (Wildman–Crippen MR) is 63.2 cm³/mol. The van der Waals surface area contributed by atoms with Crippen molar-refractivity contribution in [2.24, 2.45) is 0 Å². The van der Waals surface area contributed by atoms with E-state index in [0.29, 0.717) is 17.7 Å². The lowest BCUT2D eigenvalue weighted by Crippen LogP contribution is -1.95. The lowest BCUT2D eigenvalue weighted by molar-refractivity contribution is -0.109. The first kappa shape index (κ1) is 12.5. The molecule has 0 saturated carbocycles. The van der Waals surface area contributed by atoms with Gasteiger partial charge in [0.25, 0.3) is 0 Å². The van der Waals surface area contributed by atoms with E-state index in [0.717, 1.165) is 6.20 Å². The number of pyridine rings is 1. The topological polar surface area (TPSA) is 56.0 Å². The minimum absolute atomic E-state index is 0.0636. The van der Waals surface area contributed by atoms with Gasteiger partial charge in [0, 0.05) is 19.1 Å². The SMILES string of the molecule is CC(=O)SCCC#Cc1cc(F)cnc1N. The van der Waals surface area contributed by atoms with Gasteiger partial charge in [-0.2, -0.15) is 0 Å². The maximum absolute atomic E-state index is 12.8. The number of nitrogen functional groups attached to an aromatic ring is 1. The van der Waals surface area contributed by atoms with Gasteiger partial charge in [-0.3, -0.25) is 4.79 Å². The highest BCUT2D eigenvalue weighted by molar-refractivity contribution is 8.13. The second-order valence-corrected chi connectivity index (χ2v) is 4.25. The normalized spacial score (nSPS) is 9.38. The Morgan fingerprint density at radius 2 is 2.44 bits per heavy atom. The van der Waals surface area contributed by atoms with Crippen LogP contribution in [-0.4, -0.2) is 15.9 Å². The number of carbonyl (C=O) groups is 1. The molecule has 16 heavy (non-hydrogen) atoms. The summed E-state index contributed by atoms with van der Waals surface area (Å²) < 4.78 is 12.8. The number of hydrogen-bond acceptors (Lipinski definition) is 4. The molecule has 0 aliphatic carbocycles. The van der Waals surface area contributed by atoms with Crippen molar-refractivity contribution in [3.63, 3.8) is 0 Å². The first-order valence-corrected chi connectivity index (χ1v) is 5.61. The third-order valence-electron chi connectivity index (χ3n) is 1.64. The van der Waals surface area contributed by atoms with E-state index in [2.05, 4.69) is 16.8 Å². The minimum atomic E-state index is -0.461. The highest BCUT2D eigenvalue weighted by Crippen LogP contribution is 2.08. The number of hydrogen-bond donors (Lipinski definition) is 1. The molecule has 1 rings (SSSR count). The number of thioether (sulfide) groups is 1. The van der Waals surface area contributed by atoms with Gasteiger partial charge in [0.1, 0.15) is 11.6 Å². The Labute approximate surface area is 97.6 Å². The Morgan fingerprint density at radius 3 is 3.12 bits per heavy atom. The highest BCUT2D eigenvalue weighted by Gasteiger charge is 1.98. The van der Waals surface area contributed by atoms with Gasteiger partial charge in [-0.25, -0.2) is 9.37 Å². The Kier molecular flexibility index (Phi) is 4.80. The van der Waals surface area contributed by atoms with Crippen molar-refractivity contribution in [2.45, 2.75) is 13.3 Å². The van der Waals surface area contributed by atoms with Crippen LogP contribution in [0.15, 0.2) is 12.3 Å². The van der Waals surface area contributed by atoms with Crippen LogP contribution in [0.3, 0.4) is 0 Å². The van der Waals surface area contributed by atoms with Crippen LogP contribution in [0.4, 0.5) is 10.2 Å². The third-order valence-corrected chi connectivity index (χ3v) is 2.46. The molecular formula is C11H11FN2OS. The van der Waals surface area contributed by atoms with Gasteiger partial charge in [0.05, 0.1) is 11.8 Å². The van der Waals surface area contributed by atoms with Gasteiger partial charge in [0.15, 0.2) is 5.12 Å². The van der Waals surface area contributed by atoms with Crippen LogP contribution in [0, 0.1) is 17.7 Å². The highest BCUT2D eigenvalue weighted by atomic mass is 32.2. The number of rotatable bonds is 2. The standard InChI is InChI=1S/C11H11FN2OS/c1-8(15)16-5-3-2-4-9-6-10(12)7-14-11(9)13/h6-7H,3,5H2,1H3,(H2,13,14). The molecule has 0 amide bonds. The third kappa shape index (κ3) is 4.32. The first-order valence-electron chi connectivity index (χ1n) is 4.63. The summed E-state index contributed by atoms with van der Waals surface area (Å²) in [5.41, 5.74) is 5.90. The van der Waals surface area contributed by atoms with E-state index in [4.69, 9.17) is 5.73 Å². The molecular weight excluding hydrogens is 227 g/mol. The second kappa shape index (κ2) is 6.13. The van der Waals surface area contributed by atoms with Gasteiger partial charge >= 0.3 is 0 Å². The van der Waals surface area contributed by atoms with Crippen LogP contribution < -0.4 is 5.73 Å². The second-order valence-electron chi connectivity index (χ2n) is 2.98. The smallest absolute Gasteiger partial charge is 0.185 e. The van der Waals surface area contributed by atoms with Crippen LogP contribution in [0.5, 0.6) is 0 Å². The molecule has 0 bridgehead atoms. The quantitative estimate of drug-likeness (QED) is 0.630. The van der Waals surface area contributed by atoms with Crippen molar-refractivity contribution < 1.29 is 9.18 Å². The fraction of sp³-hybridized carbons (Fsp3) is 0.273. The number of aromatic nitrogens is 1. The Hall–Kier alpha value is -1.54. The maximum atomic E-state index is 12.8. The molecule has 0 atom stereocenters. The van der Waals surface area contributed by atoms with E-state index in [1.165, 1.54) is 24.8 Å². The van der Waals surface area contributed by atoms with Crippen LogP contribution in [0.1, 0.15) is 18.9 Å². The van der Waals surface area contributed by atoms with Crippen molar-refractivity contribution in [2.75, 3.05) is 11.5 Å². The van der Waals surface area contributed by atoms with Gasteiger partial charge in [-0.15, -0.1) is 0 Å². The zero-order chi connectivity index (χ0) is 12.0. The zero-order valence-corrected chi connectivity index (χ0v) is 9.60. The van der Waals surface area contributed by atoms with E-state index in [-0.39, 0.29) is 10.9 Å². The van der Waals surface area contributed by atoms with Crippen molar-refractivity contribution in [1.29, 1.82) is 0 Å². The molecule has 3 nitrogen and oxygen atoms in total. The van der Waals surface area contributed by atoms with Crippen molar-refractivity contribution >= 4 is 22.7 Å². The van der Waals surface area contributed by atoms with Crippen molar-refractivity contribution in [1.82, 2.24) is 4.98 Å². The van der Waals surface area contributed by atoms with E-state index in [1.54, 1.807) is 0 Å². The minimum Gasteiger partial charge on any atom is -0.383 e. The summed E-state index contributed by atoms with van der Waals surface area (Å²) in [4.78, 5) is 14.3. The van der Waals surface area contributed by atoms with Gasteiger partial charge < -0.3 is 5.73 Å². The van der Waals surface area contributed by atoms with Crippen LogP contribution >= 0.6 is 11.8 Å². The largest absolute Gasteiger partial charge is 0.383 e. The molecule has 5 heteroatoms. The molecule has 0 radical (unpaired) electrons. The summed E-state index contributed by atoms with van der Waals surface area (Å²) in [6, 6.07) is 1.24. The summed E-state index contributed by atoms with van der Waals surface area (Å²) in [7, 11) is 0. The van der Waals surface area contributed by atoms with Crippen molar-refractivity contribution in [3.8, 4) is 11.8 Å². The average molecular weight is 238 g/mol. The fourth-order valence-corrected chi connectivity index (χ4v) is 1.45. The molecule has 0 spiro atoms. The summed E-state index contributed by atoms with van der Waals surface area (Å²) >= 11 is 1.21. The van der Waals surface area contributed by atoms with Gasteiger partial charge in [-0.05, 0) is 6.07 Å². The summed E-state index contributed by atoms with van der Waals surface area (Å²) in [6.45, 7) is 1.51. The molecule has 1 aromatic rings. The molecule has 0 aliphatic rings. The zero-order valence-electron chi connectivity index (χ0n) is 8.79. The molecule has 0 aromatic carbocycles. The first-order chi connectivity index (χ1) is 7.59. The number of nitrogens with two attached hydrogens (primary N) is 1. The van der Waals surface area contributed by atoms with Gasteiger partial charge in [-0.1, -0.05) is 23.6 Å². The van der Waals surface area contributed by atoms with Crippen molar-refractivity contribution in [3.05, 3.63) is 23.6 Å². The Balaban J connectivity index is 2.56. The molecule has 2 N–H and O–H groups in total. The van der Waals surface area contributed by atoms with Crippen LogP contribution in [0.25, 0.3) is 0 Å². The van der Waals surface area contributed by atoms with Crippen LogP contribution in [-0.2, 0) is 4.79 Å². The monoisotopic (exact) mass is 238 g/mol. The lowest BCUT2D eigenvalue weighted by Gasteiger charge is -1.95. The summed E-state index contributed by atoms with van der Waals surface area (Å²) in [6.07, 6.45) is 1.60. The van der Waals surface area contributed by atoms with E-state index < -0.39 is 5.82 Å². The fourth-order valence-electron chi connectivity index (χ4n) is 0.953. The number of nitrogens with zero attached hydrogens (tertiary/aromatic N) is 1. The molecule has 1 aromatic heterocycles. The van der Waals surface area contributed by atoms with E-state index in [9.17, 15) is 9.18 Å². The summed E-state index contributed by atoms with van der Waals surface area (Å²) in [5.74, 6) is 5.93. The van der Waals surface area contributed by atoms with Gasteiger partial charge in [0.2, 0.25) is 0 Å². The lowest BCUT2D eigenvalue weighted by atomic mass is 10.2.